The molecule has 0 spiro atoms. The number of Topliss-reactive ketones (excluding diaryl/α,β-unsaturated/α-hetero) is 1. The van der Waals surface area contributed by atoms with Crippen molar-refractivity contribution in [1.29, 1.82) is 0 Å². The number of anilines is 1. The number of nitrogens with zero attached hydrogens (tertiary/aromatic N) is 2. The number of ketones is 1. The van der Waals surface area contributed by atoms with E-state index in [1.807, 2.05) is 48.7 Å². The van der Waals surface area contributed by atoms with Crippen molar-refractivity contribution < 1.29 is 18.0 Å². The Morgan fingerprint density at radius 2 is 2.00 bits per heavy atom. The molecular formula is C25H28F3N3O. The number of rotatable bonds is 8. The molecule has 2 heterocycles. The molecule has 0 saturated heterocycles. The van der Waals surface area contributed by atoms with Gasteiger partial charge in [0, 0.05) is 30.3 Å². The number of imidazole rings is 1. The van der Waals surface area contributed by atoms with Crippen molar-refractivity contribution in [3.63, 3.8) is 0 Å². The van der Waals surface area contributed by atoms with E-state index < -0.39 is 12.6 Å². The second-order valence-electron chi connectivity index (χ2n) is 9.18. The van der Waals surface area contributed by atoms with Gasteiger partial charge < -0.3 is 5.32 Å². The maximum absolute atomic E-state index is 12.7. The summed E-state index contributed by atoms with van der Waals surface area (Å²) in [5.41, 5.74) is 5.74. The highest BCUT2D eigenvalue weighted by Gasteiger charge is 2.39. The smallest absolute Gasteiger partial charge is 0.382 e. The molecule has 0 amide bonds. The summed E-state index contributed by atoms with van der Waals surface area (Å²) in [4.78, 5) is 17.2. The first kappa shape index (κ1) is 22.4. The van der Waals surface area contributed by atoms with Crippen molar-refractivity contribution in [3.8, 4) is 11.3 Å². The molecule has 2 aromatic heterocycles. The predicted molar refractivity (Wildman–Crippen MR) is 120 cm³/mol. The van der Waals surface area contributed by atoms with Crippen molar-refractivity contribution in [2.75, 3.05) is 11.9 Å². The van der Waals surface area contributed by atoms with Crippen molar-refractivity contribution in [2.24, 2.45) is 5.41 Å². The molecule has 3 aromatic rings. The SMILES string of the molecule is CCc1cc(NCCC(F)(F)F)c2ncc(-c3ccc(C(=O)CC4(C)CC4)c(C)c3)n2c1. The number of halogens is 3. The number of carbonyl (C=O) groups is 1. The summed E-state index contributed by atoms with van der Waals surface area (Å²) in [5, 5.41) is 2.90. The largest absolute Gasteiger partial charge is 0.390 e. The van der Waals surface area contributed by atoms with Crippen LogP contribution in [0.3, 0.4) is 0 Å². The Balaban J connectivity index is 1.65. The van der Waals surface area contributed by atoms with E-state index in [0.29, 0.717) is 17.8 Å². The number of carbonyl (C=O) groups excluding carboxylic acids is 1. The third kappa shape index (κ3) is 4.81. The molecule has 4 rings (SSSR count). The van der Waals surface area contributed by atoms with Gasteiger partial charge in [-0.15, -0.1) is 0 Å². The molecule has 1 fully saturated rings. The number of fused-ring (bicyclic) bond motifs is 1. The van der Waals surface area contributed by atoms with Gasteiger partial charge >= 0.3 is 6.18 Å². The van der Waals surface area contributed by atoms with Gasteiger partial charge in [-0.25, -0.2) is 4.98 Å². The van der Waals surface area contributed by atoms with Crippen LogP contribution in [0.15, 0.2) is 36.7 Å². The van der Waals surface area contributed by atoms with E-state index in [9.17, 15) is 18.0 Å². The van der Waals surface area contributed by atoms with Gasteiger partial charge in [-0.3, -0.25) is 9.20 Å². The third-order valence-electron chi connectivity index (χ3n) is 6.31. The molecule has 7 heteroatoms. The molecule has 32 heavy (non-hydrogen) atoms. The van der Waals surface area contributed by atoms with Gasteiger partial charge in [-0.2, -0.15) is 13.2 Å². The van der Waals surface area contributed by atoms with E-state index in [0.717, 1.165) is 47.2 Å². The molecule has 1 aliphatic rings. The number of pyridine rings is 1. The van der Waals surface area contributed by atoms with Gasteiger partial charge in [-0.05, 0) is 54.9 Å². The molecule has 1 aliphatic carbocycles. The summed E-state index contributed by atoms with van der Waals surface area (Å²) in [7, 11) is 0. The standard InChI is InChI=1S/C25H28F3N3O/c1-4-17-12-20(29-10-9-25(26,27)28)23-30-14-21(31(23)15-17)18-5-6-19(16(2)11-18)22(32)13-24(3)7-8-24/h5-6,11-12,14-15,29H,4,7-10,13H2,1-3H3. The summed E-state index contributed by atoms with van der Waals surface area (Å²) < 4.78 is 39.7. The highest BCUT2D eigenvalue weighted by atomic mass is 19.4. The summed E-state index contributed by atoms with van der Waals surface area (Å²) in [5.74, 6) is 0.177. The molecule has 0 atom stereocenters. The second kappa shape index (κ2) is 8.26. The Labute approximate surface area is 185 Å². The van der Waals surface area contributed by atoms with Crippen LogP contribution in [-0.2, 0) is 6.42 Å². The van der Waals surface area contributed by atoms with E-state index in [4.69, 9.17) is 0 Å². The minimum atomic E-state index is -4.21. The monoisotopic (exact) mass is 443 g/mol. The average Bonchev–Trinajstić information content (AvgIpc) is 3.28. The first-order valence-corrected chi connectivity index (χ1v) is 11.0. The number of nitrogens with one attached hydrogen (secondary N) is 1. The number of aromatic nitrogens is 2. The number of aryl methyl sites for hydroxylation is 2. The van der Waals surface area contributed by atoms with Crippen molar-refractivity contribution >= 4 is 17.1 Å². The van der Waals surface area contributed by atoms with E-state index in [1.54, 1.807) is 6.20 Å². The van der Waals surface area contributed by atoms with Gasteiger partial charge in [0.05, 0.1) is 24.0 Å². The molecule has 0 unspecified atom stereocenters. The molecule has 0 bridgehead atoms. The van der Waals surface area contributed by atoms with Crippen LogP contribution in [0.2, 0.25) is 0 Å². The molecule has 170 valence electrons. The lowest BCUT2D eigenvalue weighted by Crippen LogP contribution is -2.15. The lowest BCUT2D eigenvalue weighted by molar-refractivity contribution is -0.131. The van der Waals surface area contributed by atoms with Crippen molar-refractivity contribution in [2.45, 2.75) is 59.1 Å². The lowest BCUT2D eigenvalue weighted by atomic mass is 9.93. The van der Waals surface area contributed by atoms with Crippen molar-refractivity contribution in [1.82, 2.24) is 9.38 Å². The van der Waals surface area contributed by atoms with Crippen LogP contribution in [0.1, 0.15) is 61.0 Å². The van der Waals surface area contributed by atoms with Gasteiger partial charge in [0.1, 0.15) is 0 Å². The minimum absolute atomic E-state index is 0.163. The average molecular weight is 444 g/mol. The fourth-order valence-electron chi connectivity index (χ4n) is 4.03. The maximum atomic E-state index is 12.7. The summed E-state index contributed by atoms with van der Waals surface area (Å²) in [6.45, 7) is 5.89. The fourth-order valence-corrected chi connectivity index (χ4v) is 4.03. The van der Waals surface area contributed by atoms with Gasteiger partial charge in [0.15, 0.2) is 11.4 Å². The Morgan fingerprint density at radius 3 is 2.62 bits per heavy atom. The van der Waals surface area contributed by atoms with Crippen LogP contribution in [0, 0.1) is 12.3 Å². The van der Waals surface area contributed by atoms with E-state index in [1.165, 1.54) is 0 Å². The van der Waals surface area contributed by atoms with Crippen molar-refractivity contribution in [3.05, 3.63) is 53.3 Å². The topological polar surface area (TPSA) is 46.4 Å². The van der Waals surface area contributed by atoms with Gasteiger partial charge in [-0.1, -0.05) is 26.0 Å². The van der Waals surface area contributed by atoms with Gasteiger partial charge in [0.2, 0.25) is 0 Å². The molecule has 4 nitrogen and oxygen atoms in total. The Morgan fingerprint density at radius 1 is 1.25 bits per heavy atom. The molecule has 1 saturated carbocycles. The Kier molecular flexibility index (Phi) is 5.77. The maximum Gasteiger partial charge on any atom is 0.390 e. The zero-order valence-corrected chi connectivity index (χ0v) is 18.6. The van der Waals surface area contributed by atoms with Gasteiger partial charge in [0.25, 0.3) is 0 Å². The number of hydrogen-bond acceptors (Lipinski definition) is 3. The Bertz CT molecular complexity index is 1160. The zero-order chi connectivity index (χ0) is 23.1. The Hall–Kier alpha value is -2.83. The summed E-state index contributed by atoms with van der Waals surface area (Å²) in [6, 6.07) is 7.65. The van der Waals surface area contributed by atoms with E-state index in [-0.39, 0.29) is 17.7 Å². The highest BCUT2D eigenvalue weighted by Crippen LogP contribution is 2.48. The summed E-state index contributed by atoms with van der Waals surface area (Å²) in [6.07, 6.45) is 2.12. The molecular weight excluding hydrogens is 415 g/mol. The first-order chi connectivity index (χ1) is 15.1. The van der Waals surface area contributed by atoms with Crippen LogP contribution in [0.25, 0.3) is 16.9 Å². The van der Waals surface area contributed by atoms with Crippen LogP contribution in [-0.4, -0.2) is 27.9 Å². The second-order valence-corrected chi connectivity index (χ2v) is 9.18. The molecule has 1 N–H and O–H groups in total. The lowest BCUT2D eigenvalue weighted by Gasteiger charge is -2.13. The van der Waals surface area contributed by atoms with Crippen LogP contribution >= 0.6 is 0 Å². The number of hydrogen-bond donors (Lipinski definition) is 1. The number of alkyl halides is 3. The normalized spacial score (nSPS) is 15.2. The minimum Gasteiger partial charge on any atom is -0.382 e. The predicted octanol–water partition coefficient (Wildman–Crippen LogP) is 6.61. The quantitative estimate of drug-likeness (QED) is 0.399. The molecule has 0 radical (unpaired) electrons. The third-order valence-corrected chi connectivity index (χ3v) is 6.31. The molecule has 0 aliphatic heterocycles. The molecule has 1 aromatic carbocycles. The van der Waals surface area contributed by atoms with Crippen LogP contribution < -0.4 is 5.32 Å². The summed E-state index contributed by atoms with van der Waals surface area (Å²) >= 11 is 0. The van der Waals surface area contributed by atoms with E-state index in [2.05, 4.69) is 17.2 Å². The van der Waals surface area contributed by atoms with Crippen LogP contribution in [0.5, 0.6) is 0 Å². The zero-order valence-electron chi connectivity index (χ0n) is 18.6. The fraction of sp³-hybridized carbons (Fsp3) is 0.440. The van der Waals surface area contributed by atoms with E-state index >= 15 is 0 Å². The highest BCUT2D eigenvalue weighted by molar-refractivity contribution is 5.98. The number of benzene rings is 1. The van der Waals surface area contributed by atoms with Crippen LogP contribution in [0.4, 0.5) is 18.9 Å². The first-order valence-electron chi connectivity index (χ1n) is 11.0.